The number of rotatable bonds is 3. The summed E-state index contributed by atoms with van der Waals surface area (Å²) in [7, 11) is -0.907. The van der Waals surface area contributed by atoms with Crippen molar-refractivity contribution in [1.29, 1.82) is 0 Å². The van der Waals surface area contributed by atoms with Gasteiger partial charge in [-0.2, -0.15) is 0 Å². The fourth-order valence-electron chi connectivity index (χ4n) is 3.31. The van der Waals surface area contributed by atoms with Crippen molar-refractivity contribution in [2.45, 2.75) is 84.5 Å². The van der Waals surface area contributed by atoms with Gasteiger partial charge in [0.25, 0.3) is 0 Å². The fourth-order valence-corrected chi connectivity index (χ4v) is 3.31. The molecule has 5 nitrogen and oxygen atoms in total. The Morgan fingerprint density at radius 3 is 2.08 bits per heavy atom. The Morgan fingerprint density at radius 1 is 1.08 bits per heavy atom. The van der Waals surface area contributed by atoms with Crippen LogP contribution in [0.1, 0.15) is 64.8 Å². The van der Waals surface area contributed by atoms with Crippen molar-refractivity contribution in [2.75, 3.05) is 0 Å². The summed E-state index contributed by atoms with van der Waals surface area (Å²) in [5.41, 5.74) is 1.20. The van der Waals surface area contributed by atoms with E-state index in [9.17, 15) is 4.39 Å². The summed E-state index contributed by atoms with van der Waals surface area (Å²) >= 11 is 0. The lowest BCUT2D eigenvalue weighted by atomic mass is 9.79. The molecule has 0 spiro atoms. The molecular formula is C19H28BFN2O3. The SMILES string of the molecule is Cc1cc(C)nc(OC2CCC(=C(F)B3OC(C)(C)C(C)(C)O3)CC2)n1. The van der Waals surface area contributed by atoms with Crippen LogP contribution in [0.25, 0.3) is 0 Å². The maximum Gasteiger partial charge on any atom is 0.525 e. The topological polar surface area (TPSA) is 53.5 Å². The lowest BCUT2D eigenvalue weighted by Gasteiger charge is -2.32. The first kappa shape index (κ1) is 19.3. The van der Waals surface area contributed by atoms with Gasteiger partial charge in [0.1, 0.15) is 11.8 Å². The Kier molecular flexibility index (Phi) is 5.14. The summed E-state index contributed by atoms with van der Waals surface area (Å²) in [4.78, 5) is 8.64. The Balaban J connectivity index is 1.62. The second kappa shape index (κ2) is 6.93. The third kappa shape index (κ3) is 3.93. The smallest absolute Gasteiger partial charge is 0.460 e. The van der Waals surface area contributed by atoms with Crippen molar-refractivity contribution in [1.82, 2.24) is 9.97 Å². The lowest BCUT2D eigenvalue weighted by molar-refractivity contribution is 0.00578. The highest BCUT2D eigenvalue weighted by molar-refractivity contribution is 6.53. The Bertz CT molecular complexity index is 674. The number of hydrogen-bond donors (Lipinski definition) is 0. The van der Waals surface area contributed by atoms with E-state index in [0.717, 1.165) is 29.8 Å². The molecular weight excluding hydrogens is 334 g/mol. The minimum absolute atomic E-state index is 0.00560. The first-order valence-electron chi connectivity index (χ1n) is 9.29. The molecule has 0 aromatic carbocycles. The van der Waals surface area contributed by atoms with Crippen LogP contribution >= 0.6 is 0 Å². The van der Waals surface area contributed by atoms with E-state index >= 15 is 0 Å². The predicted octanol–water partition coefficient (Wildman–Crippen LogP) is 4.27. The van der Waals surface area contributed by atoms with Crippen molar-refractivity contribution in [2.24, 2.45) is 0 Å². The highest BCUT2D eigenvalue weighted by Crippen LogP contribution is 2.40. The summed E-state index contributed by atoms with van der Waals surface area (Å²) in [6.07, 6.45) is 2.74. The van der Waals surface area contributed by atoms with E-state index in [1.54, 1.807) is 0 Å². The summed E-state index contributed by atoms with van der Waals surface area (Å²) in [6, 6.07) is 2.32. The van der Waals surface area contributed by atoms with Gasteiger partial charge in [-0.05, 0) is 78.9 Å². The van der Waals surface area contributed by atoms with Crippen LogP contribution in [-0.2, 0) is 9.31 Å². The second-order valence-corrected chi connectivity index (χ2v) is 8.29. The number of aryl methyl sites for hydroxylation is 2. The molecule has 2 heterocycles. The van der Waals surface area contributed by atoms with Gasteiger partial charge in [0.15, 0.2) is 0 Å². The van der Waals surface area contributed by atoms with E-state index in [1.165, 1.54) is 0 Å². The molecule has 1 aromatic heterocycles. The van der Waals surface area contributed by atoms with Gasteiger partial charge in [-0.25, -0.2) is 14.4 Å². The standard InChI is InChI=1S/C19H28BFN2O3/c1-12-11-13(2)23-17(22-12)24-15-9-7-14(8-10-15)16(21)20-25-18(3,4)19(5,6)26-20/h11,15H,7-10H2,1-6H3. The molecule has 0 amide bonds. The summed E-state index contributed by atoms with van der Waals surface area (Å²) in [5, 5.41) is 0. The van der Waals surface area contributed by atoms with Crippen LogP contribution in [0.3, 0.4) is 0 Å². The van der Waals surface area contributed by atoms with Gasteiger partial charge in [0.05, 0.1) is 11.2 Å². The molecule has 142 valence electrons. The van der Waals surface area contributed by atoms with Gasteiger partial charge < -0.3 is 14.0 Å². The molecule has 1 saturated carbocycles. The maximum absolute atomic E-state index is 14.9. The highest BCUT2D eigenvalue weighted by Gasteiger charge is 2.53. The monoisotopic (exact) mass is 362 g/mol. The predicted molar refractivity (Wildman–Crippen MR) is 98.6 cm³/mol. The van der Waals surface area contributed by atoms with Crippen molar-refractivity contribution < 1.29 is 18.4 Å². The minimum Gasteiger partial charge on any atom is -0.460 e. The minimum atomic E-state index is -0.907. The molecule has 0 radical (unpaired) electrons. The molecule has 0 bridgehead atoms. The van der Waals surface area contributed by atoms with E-state index < -0.39 is 18.3 Å². The zero-order chi connectivity index (χ0) is 19.1. The zero-order valence-corrected chi connectivity index (χ0v) is 16.6. The van der Waals surface area contributed by atoms with Gasteiger partial charge in [-0.15, -0.1) is 0 Å². The van der Waals surface area contributed by atoms with Crippen molar-refractivity contribution in [3.05, 3.63) is 28.8 Å². The van der Waals surface area contributed by atoms with Crippen LogP contribution in [0, 0.1) is 13.8 Å². The number of ether oxygens (including phenoxy) is 1. The molecule has 1 aliphatic heterocycles. The second-order valence-electron chi connectivity index (χ2n) is 8.29. The van der Waals surface area contributed by atoms with Gasteiger partial charge in [-0.3, -0.25) is 0 Å². The van der Waals surface area contributed by atoms with E-state index in [2.05, 4.69) is 9.97 Å². The van der Waals surface area contributed by atoms with Gasteiger partial charge in [0, 0.05) is 11.4 Å². The Hall–Kier alpha value is -1.47. The first-order valence-corrected chi connectivity index (χ1v) is 9.29. The van der Waals surface area contributed by atoms with Gasteiger partial charge >= 0.3 is 13.1 Å². The summed E-state index contributed by atoms with van der Waals surface area (Å²) in [5.74, 6) is 0. The van der Waals surface area contributed by atoms with Gasteiger partial charge in [-0.1, -0.05) is 0 Å². The molecule has 2 aliphatic rings. The summed E-state index contributed by atoms with van der Waals surface area (Å²) < 4.78 is 32.5. The van der Waals surface area contributed by atoms with Crippen molar-refractivity contribution in [3.8, 4) is 6.01 Å². The molecule has 2 fully saturated rings. The lowest BCUT2D eigenvalue weighted by Crippen LogP contribution is -2.41. The van der Waals surface area contributed by atoms with Crippen LogP contribution in [0.5, 0.6) is 6.01 Å². The first-order chi connectivity index (χ1) is 12.1. The van der Waals surface area contributed by atoms with Gasteiger partial charge in [0.2, 0.25) is 0 Å². The van der Waals surface area contributed by atoms with Crippen LogP contribution in [0.2, 0.25) is 0 Å². The molecule has 0 N–H and O–H groups in total. The normalized spacial score (nSPS) is 24.7. The number of hydrogen-bond acceptors (Lipinski definition) is 5. The number of aromatic nitrogens is 2. The molecule has 7 heteroatoms. The maximum atomic E-state index is 14.9. The molecule has 1 aromatic rings. The van der Waals surface area contributed by atoms with Crippen LogP contribution in [0.15, 0.2) is 17.4 Å². The number of halogens is 1. The van der Waals surface area contributed by atoms with Crippen LogP contribution < -0.4 is 4.74 Å². The fraction of sp³-hybridized carbons (Fsp3) is 0.684. The molecule has 1 aliphatic carbocycles. The molecule has 26 heavy (non-hydrogen) atoms. The Morgan fingerprint density at radius 2 is 1.58 bits per heavy atom. The van der Waals surface area contributed by atoms with Crippen molar-refractivity contribution >= 4 is 7.12 Å². The molecule has 1 saturated heterocycles. The molecule has 0 unspecified atom stereocenters. The van der Waals surface area contributed by atoms with Crippen LogP contribution in [-0.4, -0.2) is 34.4 Å². The number of allylic oxidation sites excluding steroid dienone is 1. The average Bonchev–Trinajstić information content (AvgIpc) is 2.74. The third-order valence-electron chi connectivity index (χ3n) is 5.57. The van der Waals surface area contributed by atoms with E-state index in [-0.39, 0.29) is 11.8 Å². The molecule has 0 atom stereocenters. The molecule has 3 rings (SSSR count). The largest absolute Gasteiger partial charge is 0.525 e. The number of nitrogens with zero attached hydrogens (tertiary/aromatic N) is 2. The van der Waals surface area contributed by atoms with Crippen LogP contribution in [0.4, 0.5) is 4.39 Å². The van der Waals surface area contributed by atoms with E-state index in [0.29, 0.717) is 18.9 Å². The van der Waals surface area contributed by atoms with E-state index in [4.69, 9.17) is 14.0 Å². The van der Waals surface area contributed by atoms with E-state index in [1.807, 2.05) is 47.6 Å². The Labute approximate surface area is 155 Å². The highest BCUT2D eigenvalue weighted by atomic mass is 19.1. The quantitative estimate of drug-likeness (QED) is 0.752. The zero-order valence-electron chi connectivity index (χ0n) is 16.6. The van der Waals surface area contributed by atoms with Crippen molar-refractivity contribution in [3.63, 3.8) is 0 Å². The average molecular weight is 362 g/mol. The third-order valence-corrected chi connectivity index (χ3v) is 5.57. The summed E-state index contributed by atoms with van der Waals surface area (Å²) in [6.45, 7) is 11.6.